The van der Waals surface area contributed by atoms with E-state index >= 15 is 0 Å². The third-order valence-corrected chi connectivity index (χ3v) is 5.12. The first kappa shape index (κ1) is 19.9. The van der Waals surface area contributed by atoms with Gasteiger partial charge in [-0.25, -0.2) is 0 Å². The summed E-state index contributed by atoms with van der Waals surface area (Å²) in [5.41, 5.74) is 2.72. The first-order valence-corrected chi connectivity index (χ1v) is 10.1. The predicted molar refractivity (Wildman–Crippen MR) is 118 cm³/mol. The van der Waals surface area contributed by atoms with Crippen molar-refractivity contribution in [3.8, 4) is 5.75 Å². The first-order valence-electron chi connectivity index (χ1n) is 10.1. The Morgan fingerprint density at radius 3 is 2.53 bits per heavy atom. The standard InChI is InChI=1S/C24H25N4O2/c1-16(2)15-28-22-18(14-25-24(27-22)26-19-7-5-4-6-8-19)13-21(23(28)29)17-9-11-20(30-3)12-10-17/h4-12,14,16,21H,13,15H2,1-3H3/q-1. The van der Waals surface area contributed by atoms with Crippen LogP contribution in [0.15, 0.2) is 60.8 Å². The molecular formula is C24H25N4O2-. The molecule has 6 nitrogen and oxygen atoms in total. The number of methoxy groups -OCH3 is 1. The van der Waals surface area contributed by atoms with Gasteiger partial charge in [-0.05, 0) is 47.5 Å². The van der Waals surface area contributed by atoms with Crippen LogP contribution < -0.4 is 9.64 Å². The second kappa shape index (κ2) is 8.53. The highest BCUT2D eigenvalue weighted by molar-refractivity contribution is 6.00. The second-order valence-electron chi connectivity index (χ2n) is 7.84. The van der Waals surface area contributed by atoms with Gasteiger partial charge in [0.1, 0.15) is 5.75 Å². The van der Waals surface area contributed by atoms with E-state index in [1.807, 2.05) is 54.6 Å². The average Bonchev–Trinajstić information content (AvgIpc) is 2.76. The van der Waals surface area contributed by atoms with Crippen LogP contribution in [0.4, 0.5) is 17.5 Å². The van der Waals surface area contributed by atoms with E-state index in [4.69, 9.17) is 4.74 Å². The minimum absolute atomic E-state index is 0.0609. The number of hydrogen-bond donors (Lipinski definition) is 0. The smallest absolute Gasteiger partial charge is 0.235 e. The monoisotopic (exact) mass is 401 g/mol. The highest BCUT2D eigenvalue weighted by Crippen LogP contribution is 2.37. The molecule has 0 saturated carbocycles. The summed E-state index contributed by atoms with van der Waals surface area (Å²) in [6.45, 7) is 4.79. The van der Waals surface area contributed by atoms with Crippen molar-refractivity contribution in [2.75, 3.05) is 18.6 Å². The summed E-state index contributed by atoms with van der Waals surface area (Å²) in [6, 6.07) is 17.3. The maximum atomic E-state index is 13.5. The lowest BCUT2D eigenvalue weighted by Gasteiger charge is -2.37. The Labute approximate surface area is 176 Å². The minimum Gasteiger partial charge on any atom is -0.497 e. The summed E-state index contributed by atoms with van der Waals surface area (Å²) in [5.74, 6) is 1.92. The van der Waals surface area contributed by atoms with E-state index < -0.39 is 0 Å². The van der Waals surface area contributed by atoms with Crippen LogP contribution in [0, 0.1) is 5.92 Å². The molecule has 0 radical (unpaired) electrons. The third kappa shape index (κ3) is 4.13. The molecule has 1 atom stereocenters. The fourth-order valence-electron chi connectivity index (χ4n) is 3.68. The summed E-state index contributed by atoms with van der Waals surface area (Å²) in [5, 5.41) is 4.51. The largest absolute Gasteiger partial charge is 0.497 e. The number of rotatable bonds is 6. The van der Waals surface area contributed by atoms with E-state index in [-0.39, 0.29) is 11.8 Å². The van der Waals surface area contributed by atoms with Gasteiger partial charge < -0.3 is 24.9 Å². The molecule has 0 N–H and O–H groups in total. The molecule has 0 bridgehead atoms. The van der Waals surface area contributed by atoms with Crippen molar-refractivity contribution < 1.29 is 9.53 Å². The molecule has 4 rings (SSSR count). The van der Waals surface area contributed by atoms with Crippen LogP contribution in [0.25, 0.3) is 5.32 Å². The van der Waals surface area contributed by atoms with Gasteiger partial charge in [0.05, 0.1) is 18.8 Å². The molecule has 0 saturated heterocycles. The number of ether oxygens (including phenoxy) is 1. The summed E-state index contributed by atoms with van der Waals surface area (Å²) in [7, 11) is 1.64. The van der Waals surface area contributed by atoms with E-state index in [1.165, 1.54) is 0 Å². The van der Waals surface area contributed by atoms with Gasteiger partial charge >= 0.3 is 0 Å². The van der Waals surface area contributed by atoms with Crippen LogP contribution >= 0.6 is 0 Å². The fourth-order valence-corrected chi connectivity index (χ4v) is 3.68. The van der Waals surface area contributed by atoms with E-state index in [0.717, 1.165) is 22.6 Å². The normalized spacial score (nSPS) is 15.8. The molecule has 2 aromatic carbocycles. The number of fused-ring (bicyclic) bond motifs is 1. The first-order chi connectivity index (χ1) is 14.5. The fraction of sp³-hybridized carbons (Fsp3) is 0.292. The number of carbonyl (C=O) groups excluding carboxylic acids is 1. The molecule has 0 fully saturated rings. The number of hydrogen-bond acceptors (Lipinski definition) is 4. The lowest BCUT2D eigenvalue weighted by atomic mass is 9.88. The van der Waals surface area contributed by atoms with Crippen LogP contribution in [-0.2, 0) is 11.2 Å². The summed E-state index contributed by atoms with van der Waals surface area (Å²) in [4.78, 5) is 24.3. The molecule has 30 heavy (non-hydrogen) atoms. The molecule has 6 heteroatoms. The zero-order valence-electron chi connectivity index (χ0n) is 17.4. The molecule has 0 spiro atoms. The topological polar surface area (TPSA) is 69.4 Å². The van der Waals surface area contributed by atoms with Crippen molar-refractivity contribution in [3.05, 3.63) is 77.2 Å². The Hall–Kier alpha value is -3.41. The summed E-state index contributed by atoms with van der Waals surface area (Å²) >= 11 is 0. The van der Waals surface area contributed by atoms with Gasteiger partial charge in [-0.3, -0.25) is 4.79 Å². The van der Waals surface area contributed by atoms with Crippen molar-refractivity contribution in [2.24, 2.45) is 5.92 Å². The molecule has 3 aromatic rings. The van der Waals surface area contributed by atoms with Gasteiger partial charge in [0, 0.05) is 12.5 Å². The molecule has 1 amide bonds. The molecule has 1 aromatic heterocycles. The van der Waals surface area contributed by atoms with Crippen LogP contribution in [0.5, 0.6) is 5.75 Å². The van der Waals surface area contributed by atoms with Crippen LogP contribution in [0.2, 0.25) is 0 Å². The number of anilines is 1. The summed E-state index contributed by atoms with van der Waals surface area (Å²) < 4.78 is 5.25. The van der Waals surface area contributed by atoms with Gasteiger partial charge in [0.15, 0.2) is 0 Å². The van der Waals surface area contributed by atoms with Crippen molar-refractivity contribution >= 4 is 23.4 Å². The highest BCUT2D eigenvalue weighted by atomic mass is 16.5. The van der Waals surface area contributed by atoms with Crippen molar-refractivity contribution in [2.45, 2.75) is 26.2 Å². The Balaban J connectivity index is 1.68. The van der Waals surface area contributed by atoms with Gasteiger partial charge in [0.2, 0.25) is 5.91 Å². The number of para-hydroxylation sites is 1. The highest BCUT2D eigenvalue weighted by Gasteiger charge is 2.33. The van der Waals surface area contributed by atoms with Gasteiger partial charge in [0.25, 0.3) is 0 Å². The SMILES string of the molecule is COc1ccc(C2Cc3cnc([N-]c4ccccc4)nc3N(CC(C)C)C2=O)cc1. The maximum Gasteiger partial charge on any atom is 0.235 e. The molecule has 1 aliphatic rings. The maximum absolute atomic E-state index is 13.5. The van der Waals surface area contributed by atoms with E-state index in [2.05, 4.69) is 29.1 Å². The third-order valence-electron chi connectivity index (χ3n) is 5.12. The number of nitrogens with zero attached hydrogens (tertiary/aromatic N) is 4. The summed E-state index contributed by atoms with van der Waals surface area (Å²) in [6.07, 6.45) is 2.38. The molecule has 1 aliphatic heterocycles. The van der Waals surface area contributed by atoms with E-state index in [1.54, 1.807) is 18.2 Å². The number of carbonyl (C=O) groups is 1. The zero-order valence-corrected chi connectivity index (χ0v) is 17.4. The second-order valence-corrected chi connectivity index (χ2v) is 7.84. The van der Waals surface area contributed by atoms with Crippen LogP contribution in [0.1, 0.15) is 30.9 Å². The zero-order chi connectivity index (χ0) is 21.1. The number of amides is 1. The van der Waals surface area contributed by atoms with Gasteiger partial charge in [-0.1, -0.05) is 56.3 Å². The average molecular weight is 401 g/mol. The molecular weight excluding hydrogens is 376 g/mol. The Morgan fingerprint density at radius 2 is 1.87 bits per heavy atom. The van der Waals surface area contributed by atoms with Crippen LogP contribution in [-0.4, -0.2) is 29.5 Å². The predicted octanol–water partition coefficient (Wildman–Crippen LogP) is 5.15. The van der Waals surface area contributed by atoms with Gasteiger partial charge in [-0.15, -0.1) is 0 Å². The van der Waals surface area contributed by atoms with Crippen molar-refractivity contribution in [3.63, 3.8) is 0 Å². The molecule has 154 valence electrons. The van der Waals surface area contributed by atoms with Crippen molar-refractivity contribution in [1.82, 2.24) is 9.97 Å². The van der Waals surface area contributed by atoms with Crippen molar-refractivity contribution in [1.29, 1.82) is 0 Å². The Morgan fingerprint density at radius 1 is 1.13 bits per heavy atom. The lowest BCUT2D eigenvalue weighted by Crippen LogP contribution is -2.43. The Bertz CT molecular complexity index is 1020. The van der Waals surface area contributed by atoms with E-state index in [9.17, 15) is 4.79 Å². The van der Waals surface area contributed by atoms with Crippen LogP contribution in [0.3, 0.4) is 0 Å². The molecule has 0 aliphatic carbocycles. The quantitative estimate of drug-likeness (QED) is 0.573. The number of benzene rings is 2. The minimum atomic E-state index is -0.261. The molecule has 1 unspecified atom stereocenters. The molecule has 2 heterocycles. The van der Waals surface area contributed by atoms with E-state index in [0.29, 0.717) is 30.6 Å². The number of aromatic nitrogens is 2. The van der Waals surface area contributed by atoms with Gasteiger partial charge in [-0.2, -0.15) is 0 Å². The Kier molecular flexibility index (Phi) is 5.65. The lowest BCUT2D eigenvalue weighted by molar-refractivity contribution is -0.120.